The van der Waals surface area contributed by atoms with Crippen LogP contribution in [0.4, 0.5) is 0 Å². The molecule has 1 fully saturated rings. The number of aliphatic imine (C=N–C) groups is 1. The number of hydrogen-bond donors (Lipinski definition) is 1. The third kappa shape index (κ3) is 3.15. The van der Waals surface area contributed by atoms with E-state index in [9.17, 15) is 0 Å². The van der Waals surface area contributed by atoms with Gasteiger partial charge in [0.25, 0.3) is 0 Å². The molecule has 0 amide bonds. The van der Waals surface area contributed by atoms with Gasteiger partial charge in [0.2, 0.25) is 0 Å². The zero-order valence-corrected chi connectivity index (χ0v) is 9.18. The van der Waals surface area contributed by atoms with Gasteiger partial charge in [0.15, 0.2) is 5.17 Å². The van der Waals surface area contributed by atoms with E-state index in [1.54, 1.807) is 0 Å². The Morgan fingerprint density at radius 1 is 1.43 bits per heavy atom. The minimum absolute atomic E-state index is 0.885. The minimum Gasteiger partial charge on any atom is -0.379 e. The molecule has 4 nitrogen and oxygen atoms in total. The normalized spacial score (nSPS) is 23.6. The van der Waals surface area contributed by atoms with E-state index in [2.05, 4.69) is 15.2 Å². The van der Waals surface area contributed by atoms with Crippen molar-refractivity contribution in [1.29, 1.82) is 0 Å². The zero-order valence-electron chi connectivity index (χ0n) is 8.37. The number of morpholine rings is 1. The monoisotopic (exact) mass is 215 g/mol. The predicted octanol–water partition coefficient (Wildman–Crippen LogP) is 0.0110. The van der Waals surface area contributed by atoms with Gasteiger partial charge in [-0.25, -0.2) is 0 Å². The summed E-state index contributed by atoms with van der Waals surface area (Å²) in [5, 5.41) is 4.48. The van der Waals surface area contributed by atoms with Crippen LogP contribution >= 0.6 is 11.8 Å². The number of amidine groups is 1. The summed E-state index contributed by atoms with van der Waals surface area (Å²) >= 11 is 1.82. The smallest absolute Gasteiger partial charge is 0.156 e. The molecule has 0 aromatic rings. The molecule has 14 heavy (non-hydrogen) atoms. The van der Waals surface area contributed by atoms with E-state index in [4.69, 9.17) is 4.74 Å². The first-order valence-corrected chi connectivity index (χ1v) is 6.15. The first-order valence-electron chi connectivity index (χ1n) is 5.16. The quantitative estimate of drug-likeness (QED) is 0.719. The third-order valence-corrected chi connectivity index (χ3v) is 3.33. The molecule has 0 unspecified atom stereocenters. The summed E-state index contributed by atoms with van der Waals surface area (Å²) in [5.74, 6) is 1.14. The van der Waals surface area contributed by atoms with Crippen molar-refractivity contribution in [1.82, 2.24) is 10.2 Å². The van der Waals surface area contributed by atoms with Crippen molar-refractivity contribution in [2.24, 2.45) is 4.99 Å². The summed E-state index contributed by atoms with van der Waals surface area (Å²) < 4.78 is 5.29. The lowest BCUT2D eigenvalue weighted by Crippen LogP contribution is -2.40. The molecule has 0 aromatic carbocycles. The molecular formula is C9H17N3OS. The van der Waals surface area contributed by atoms with Crippen LogP contribution in [0.3, 0.4) is 0 Å². The molecule has 1 saturated heterocycles. The van der Waals surface area contributed by atoms with Crippen LogP contribution in [0.25, 0.3) is 0 Å². The van der Waals surface area contributed by atoms with E-state index in [0.717, 1.165) is 56.9 Å². The molecule has 0 aromatic heterocycles. The summed E-state index contributed by atoms with van der Waals surface area (Å²) in [6.07, 6.45) is 0. The van der Waals surface area contributed by atoms with Crippen LogP contribution in [0, 0.1) is 0 Å². The Bertz CT molecular complexity index is 204. The Hall–Kier alpha value is -0.260. The second kappa shape index (κ2) is 5.58. The van der Waals surface area contributed by atoms with Crippen LogP contribution in [0.15, 0.2) is 4.99 Å². The molecule has 0 saturated carbocycles. The Morgan fingerprint density at radius 2 is 2.29 bits per heavy atom. The first kappa shape index (κ1) is 10.3. The third-order valence-electron chi connectivity index (χ3n) is 2.39. The molecule has 0 bridgehead atoms. The van der Waals surface area contributed by atoms with Crippen LogP contribution in [0.1, 0.15) is 0 Å². The highest BCUT2D eigenvalue weighted by Crippen LogP contribution is 2.08. The molecule has 2 heterocycles. The van der Waals surface area contributed by atoms with Crippen LogP contribution in [-0.2, 0) is 4.74 Å². The average Bonchev–Trinajstić information content (AvgIpc) is 2.72. The molecule has 0 atom stereocenters. The van der Waals surface area contributed by atoms with Gasteiger partial charge in [0, 0.05) is 31.9 Å². The van der Waals surface area contributed by atoms with Gasteiger partial charge in [-0.2, -0.15) is 0 Å². The fraction of sp³-hybridized carbons (Fsp3) is 0.889. The largest absolute Gasteiger partial charge is 0.379 e. The topological polar surface area (TPSA) is 36.9 Å². The summed E-state index contributed by atoms with van der Waals surface area (Å²) in [7, 11) is 0. The van der Waals surface area contributed by atoms with Gasteiger partial charge in [0.1, 0.15) is 0 Å². The number of rotatable bonds is 3. The maximum absolute atomic E-state index is 5.29. The van der Waals surface area contributed by atoms with Gasteiger partial charge >= 0.3 is 0 Å². The molecule has 0 radical (unpaired) electrons. The summed E-state index contributed by atoms with van der Waals surface area (Å²) in [5.41, 5.74) is 0. The van der Waals surface area contributed by atoms with Crippen LogP contribution in [-0.4, -0.2) is 61.8 Å². The SMILES string of the molecule is C1CSC(NCCN2CCOCC2)=N1. The standard InChI is InChI=1S/C9H17N3OS/c1(10-9-11-2-8-14-9)3-12-4-6-13-7-5-12/h1-8H2,(H,10,11). The van der Waals surface area contributed by atoms with Crippen molar-refractivity contribution in [2.45, 2.75) is 0 Å². The van der Waals surface area contributed by atoms with Crippen molar-refractivity contribution in [3.63, 3.8) is 0 Å². The second-order valence-electron chi connectivity index (χ2n) is 3.42. The van der Waals surface area contributed by atoms with Gasteiger partial charge in [-0.3, -0.25) is 9.89 Å². The Morgan fingerprint density at radius 3 is 3.00 bits per heavy atom. The van der Waals surface area contributed by atoms with Gasteiger partial charge in [-0.05, 0) is 0 Å². The summed E-state index contributed by atoms with van der Waals surface area (Å²) in [6.45, 7) is 6.99. The van der Waals surface area contributed by atoms with E-state index in [1.165, 1.54) is 0 Å². The number of thioether (sulfide) groups is 1. The fourth-order valence-corrected chi connectivity index (χ4v) is 2.35. The van der Waals surface area contributed by atoms with Crippen molar-refractivity contribution in [3.05, 3.63) is 0 Å². The molecule has 0 spiro atoms. The lowest BCUT2D eigenvalue weighted by atomic mass is 10.4. The fourth-order valence-electron chi connectivity index (χ4n) is 1.59. The maximum Gasteiger partial charge on any atom is 0.156 e. The van der Waals surface area contributed by atoms with E-state index in [1.807, 2.05) is 11.8 Å². The summed E-state index contributed by atoms with van der Waals surface area (Å²) in [4.78, 5) is 6.77. The molecular weight excluding hydrogens is 198 g/mol. The van der Waals surface area contributed by atoms with Gasteiger partial charge in [0.05, 0.1) is 19.8 Å². The molecule has 0 aliphatic carbocycles. The lowest BCUT2D eigenvalue weighted by molar-refractivity contribution is 0.0389. The summed E-state index contributed by atoms with van der Waals surface area (Å²) in [6, 6.07) is 0. The van der Waals surface area contributed by atoms with Crippen molar-refractivity contribution in [3.8, 4) is 0 Å². The van der Waals surface area contributed by atoms with E-state index in [-0.39, 0.29) is 0 Å². The second-order valence-corrected chi connectivity index (χ2v) is 4.50. The van der Waals surface area contributed by atoms with Crippen molar-refractivity contribution < 1.29 is 4.74 Å². The van der Waals surface area contributed by atoms with Crippen LogP contribution < -0.4 is 5.32 Å². The van der Waals surface area contributed by atoms with E-state index < -0.39 is 0 Å². The van der Waals surface area contributed by atoms with Crippen molar-refractivity contribution in [2.75, 3.05) is 51.7 Å². The highest BCUT2D eigenvalue weighted by atomic mass is 32.2. The molecule has 2 rings (SSSR count). The Labute approximate surface area is 89.1 Å². The molecule has 2 aliphatic heterocycles. The Kier molecular flexibility index (Phi) is 4.09. The van der Waals surface area contributed by atoms with Crippen molar-refractivity contribution >= 4 is 16.9 Å². The van der Waals surface area contributed by atoms with Gasteiger partial charge < -0.3 is 10.1 Å². The highest BCUT2D eigenvalue weighted by molar-refractivity contribution is 8.14. The Balaban J connectivity index is 1.57. The average molecular weight is 215 g/mol. The molecule has 1 N–H and O–H groups in total. The zero-order chi connectivity index (χ0) is 9.64. The van der Waals surface area contributed by atoms with Crippen LogP contribution in [0.5, 0.6) is 0 Å². The van der Waals surface area contributed by atoms with E-state index >= 15 is 0 Å². The molecule has 5 heteroatoms. The molecule has 80 valence electrons. The highest BCUT2D eigenvalue weighted by Gasteiger charge is 2.10. The van der Waals surface area contributed by atoms with Gasteiger partial charge in [-0.15, -0.1) is 0 Å². The predicted molar refractivity (Wildman–Crippen MR) is 60.0 cm³/mol. The minimum atomic E-state index is 0.885. The number of nitrogens with zero attached hydrogens (tertiary/aromatic N) is 2. The number of nitrogens with one attached hydrogen (secondary N) is 1. The first-order chi connectivity index (χ1) is 6.95. The lowest BCUT2D eigenvalue weighted by Gasteiger charge is -2.26. The van der Waals surface area contributed by atoms with E-state index in [0.29, 0.717) is 0 Å². The molecule has 2 aliphatic rings. The maximum atomic E-state index is 5.29. The van der Waals surface area contributed by atoms with Crippen LogP contribution in [0.2, 0.25) is 0 Å². The van der Waals surface area contributed by atoms with Gasteiger partial charge in [-0.1, -0.05) is 11.8 Å². The number of ether oxygens (including phenoxy) is 1. The number of hydrogen-bond acceptors (Lipinski definition) is 5.